The third-order valence-electron chi connectivity index (χ3n) is 8.44. The molecule has 46 heavy (non-hydrogen) atoms. The molecule has 9 aromatic rings. The maximum absolute atomic E-state index is 6.42. The van der Waals surface area contributed by atoms with Gasteiger partial charge in [0.05, 0.1) is 5.65 Å². The van der Waals surface area contributed by atoms with Crippen molar-refractivity contribution in [1.29, 1.82) is 0 Å². The van der Waals surface area contributed by atoms with E-state index in [1.165, 1.54) is 0 Å². The largest absolute Gasteiger partial charge is 2.00 e. The predicted molar refractivity (Wildman–Crippen MR) is 177 cm³/mol. The third kappa shape index (κ3) is 4.23. The van der Waals surface area contributed by atoms with Gasteiger partial charge in [-0.05, 0) is 60.1 Å². The number of rotatable bonds is 4. The van der Waals surface area contributed by atoms with E-state index in [0.29, 0.717) is 17.3 Å². The molecule has 222 valence electrons. The van der Waals surface area contributed by atoms with Crippen LogP contribution >= 0.6 is 0 Å². The van der Waals surface area contributed by atoms with Crippen molar-refractivity contribution in [2.45, 2.75) is 13.8 Å². The summed E-state index contributed by atoms with van der Waals surface area (Å²) in [7, 11) is 0. The van der Waals surface area contributed by atoms with E-state index < -0.39 is 0 Å². The van der Waals surface area contributed by atoms with Crippen LogP contribution in [0.5, 0.6) is 11.6 Å². The van der Waals surface area contributed by atoms with Crippen LogP contribution in [0, 0.1) is 26.0 Å². The van der Waals surface area contributed by atoms with Gasteiger partial charge in [0.1, 0.15) is 5.82 Å². The van der Waals surface area contributed by atoms with Gasteiger partial charge in [-0.1, -0.05) is 77.6 Å². The van der Waals surface area contributed by atoms with Gasteiger partial charge in [0, 0.05) is 28.5 Å². The van der Waals surface area contributed by atoms with Crippen LogP contribution < -0.4 is 4.74 Å². The summed E-state index contributed by atoms with van der Waals surface area (Å²) in [6, 6.07) is 41.7. The van der Waals surface area contributed by atoms with Crippen LogP contribution in [0.25, 0.3) is 66.3 Å². The fourth-order valence-electron chi connectivity index (χ4n) is 6.45. The van der Waals surface area contributed by atoms with Gasteiger partial charge in [0.2, 0.25) is 0 Å². The van der Waals surface area contributed by atoms with Crippen molar-refractivity contribution in [2.24, 2.45) is 0 Å². The molecule has 0 amide bonds. The number of para-hydroxylation sites is 2. The topological polar surface area (TPSA) is 70.1 Å². The molecule has 0 atom stereocenters. The molecule has 0 aliphatic heterocycles. The summed E-state index contributed by atoms with van der Waals surface area (Å²) in [5.74, 6) is 2.47. The summed E-state index contributed by atoms with van der Waals surface area (Å²) in [6.45, 7) is 4.09. The minimum absolute atomic E-state index is 0. The normalized spacial score (nSPS) is 11.5. The van der Waals surface area contributed by atoms with E-state index in [4.69, 9.17) is 14.8 Å². The first kappa shape index (κ1) is 28.1. The number of hydrogen-bond donors (Lipinski definition) is 0. The molecule has 5 aromatic heterocycles. The molecule has 5 heterocycles. The molecule has 4 aromatic carbocycles. The molecule has 0 N–H and O–H groups in total. The Bertz CT molecular complexity index is 2610. The monoisotopic (exact) mass is 775 g/mol. The van der Waals surface area contributed by atoms with Crippen molar-refractivity contribution in [2.75, 3.05) is 0 Å². The predicted octanol–water partition coefficient (Wildman–Crippen LogP) is 8.60. The maximum Gasteiger partial charge on any atom is 2.00 e. The van der Waals surface area contributed by atoms with E-state index in [0.717, 1.165) is 71.9 Å². The molecule has 0 spiro atoms. The van der Waals surface area contributed by atoms with Gasteiger partial charge in [-0.3, -0.25) is 0 Å². The summed E-state index contributed by atoms with van der Waals surface area (Å²) >= 11 is 0. The quantitative estimate of drug-likeness (QED) is 0.132. The van der Waals surface area contributed by atoms with Crippen molar-refractivity contribution in [1.82, 2.24) is 29.1 Å². The van der Waals surface area contributed by atoms with Crippen molar-refractivity contribution in [3.63, 3.8) is 0 Å². The average molecular weight is 776 g/mol. The number of aryl methyl sites for hydroxylation is 2. The summed E-state index contributed by atoms with van der Waals surface area (Å²) < 4.78 is 10.6. The summed E-state index contributed by atoms with van der Waals surface area (Å²) in [5.41, 5.74) is 6.62. The zero-order valence-corrected chi connectivity index (χ0v) is 27.1. The number of benzene rings is 4. The van der Waals surface area contributed by atoms with Crippen molar-refractivity contribution >= 4 is 49.1 Å². The molecule has 0 radical (unpaired) electrons. The van der Waals surface area contributed by atoms with E-state index in [1.54, 1.807) is 6.20 Å². The number of pyridine rings is 3. The van der Waals surface area contributed by atoms with Gasteiger partial charge >= 0.3 is 21.1 Å². The first-order chi connectivity index (χ1) is 22.2. The van der Waals surface area contributed by atoms with Gasteiger partial charge in [0.15, 0.2) is 11.7 Å². The smallest absolute Gasteiger partial charge is 0.477 e. The Morgan fingerprint density at radius 2 is 1.46 bits per heavy atom. The minimum atomic E-state index is 0. The van der Waals surface area contributed by atoms with Gasteiger partial charge in [-0.2, -0.15) is 11.2 Å². The van der Waals surface area contributed by atoms with Crippen LogP contribution in [0.1, 0.15) is 11.3 Å². The summed E-state index contributed by atoms with van der Waals surface area (Å²) in [4.78, 5) is 9.49. The number of ether oxygens (including phenoxy) is 1. The van der Waals surface area contributed by atoms with Crippen LogP contribution in [0.3, 0.4) is 0 Å². The second kappa shape index (κ2) is 10.9. The molecule has 0 saturated heterocycles. The Hall–Kier alpha value is -5.39. The zero-order valence-electron chi connectivity index (χ0n) is 24.8. The molecular formula is C38H24N6OPt. The van der Waals surface area contributed by atoms with Crippen LogP contribution in [-0.2, 0) is 21.1 Å². The number of fused-ring (bicyclic) bond motifs is 9. The second-order valence-corrected chi connectivity index (χ2v) is 11.1. The first-order valence-electron chi connectivity index (χ1n) is 14.8. The molecule has 0 bridgehead atoms. The summed E-state index contributed by atoms with van der Waals surface area (Å²) in [6.07, 6.45) is 1.80. The second-order valence-electron chi connectivity index (χ2n) is 11.1. The van der Waals surface area contributed by atoms with Crippen molar-refractivity contribution < 1.29 is 25.8 Å². The van der Waals surface area contributed by atoms with Gasteiger partial charge in [0.25, 0.3) is 0 Å². The van der Waals surface area contributed by atoms with E-state index in [9.17, 15) is 0 Å². The standard InChI is InChI=1S/C38H24N6O.Pt/c1-23-11-3-4-12-26(23)37-41-42-38-30-22-35(40-24(2)36(30)29-14-6-8-16-32(29)44(37)38)45-25-18-19-28-27-13-5-7-15-31(27)43(33(28)21-25)34-17-9-10-20-39-34;/h3-20H,1-2H3;/q-2;+2. The molecule has 0 unspecified atom stereocenters. The maximum atomic E-state index is 6.42. The van der Waals surface area contributed by atoms with Crippen LogP contribution in [0.4, 0.5) is 0 Å². The van der Waals surface area contributed by atoms with Gasteiger partial charge in [-0.15, -0.1) is 34.1 Å². The molecule has 0 saturated carbocycles. The number of aromatic nitrogens is 6. The molecule has 0 fully saturated rings. The van der Waals surface area contributed by atoms with E-state index in [-0.39, 0.29) is 21.1 Å². The van der Waals surface area contributed by atoms with Gasteiger partial charge < -0.3 is 13.7 Å². The molecule has 7 nitrogen and oxygen atoms in total. The van der Waals surface area contributed by atoms with Crippen LogP contribution in [0.15, 0.2) is 109 Å². The van der Waals surface area contributed by atoms with Crippen LogP contribution in [0.2, 0.25) is 0 Å². The van der Waals surface area contributed by atoms with Crippen molar-refractivity contribution in [3.05, 3.63) is 133 Å². The van der Waals surface area contributed by atoms with E-state index in [2.05, 4.69) is 80.6 Å². The average Bonchev–Trinajstić information content (AvgIpc) is 3.65. The Morgan fingerprint density at radius 3 is 2.28 bits per heavy atom. The third-order valence-corrected chi connectivity index (χ3v) is 8.44. The van der Waals surface area contributed by atoms with E-state index >= 15 is 0 Å². The Balaban J connectivity index is 0.00000312. The molecular weight excluding hydrogens is 752 g/mol. The molecule has 0 aliphatic rings. The fraction of sp³-hybridized carbons (Fsp3) is 0.0526. The molecule has 9 rings (SSSR count). The fourth-order valence-corrected chi connectivity index (χ4v) is 6.45. The molecule has 8 heteroatoms. The van der Waals surface area contributed by atoms with Gasteiger partial charge in [-0.25, -0.2) is 9.97 Å². The number of hydrogen-bond acceptors (Lipinski definition) is 5. The van der Waals surface area contributed by atoms with Crippen LogP contribution in [-0.4, -0.2) is 29.1 Å². The summed E-state index contributed by atoms with van der Waals surface area (Å²) in [5, 5.41) is 14.4. The SMILES string of the molecule is Cc1ccccc1-c1nnc2c3[c-]c(Oc4[c-]c5c(cc4)c4ccccc4n5-c4ccccn4)nc(C)c3c3ccccc3n12.[Pt+2]. The van der Waals surface area contributed by atoms with Crippen molar-refractivity contribution in [3.8, 4) is 28.8 Å². The zero-order chi connectivity index (χ0) is 30.1. The Kier molecular flexibility index (Phi) is 6.66. The Morgan fingerprint density at radius 1 is 0.696 bits per heavy atom. The van der Waals surface area contributed by atoms with E-state index in [1.807, 2.05) is 67.6 Å². The molecule has 0 aliphatic carbocycles. The first-order valence-corrected chi connectivity index (χ1v) is 14.8. The Labute approximate surface area is 278 Å². The number of nitrogens with zero attached hydrogens (tertiary/aromatic N) is 6. The minimum Gasteiger partial charge on any atom is -0.477 e.